The van der Waals surface area contributed by atoms with Crippen LogP contribution in [0.15, 0.2) is 24.3 Å². The lowest BCUT2D eigenvalue weighted by Gasteiger charge is -2.16. The fourth-order valence-electron chi connectivity index (χ4n) is 4.17. The van der Waals surface area contributed by atoms with E-state index in [0.717, 1.165) is 6.42 Å². The van der Waals surface area contributed by atoms with Crippen LogP contribution < -0.4 is 4.74 Å². The fraction of sp³-hybridized carbons (Fsp3) is 0.767. The Morgan fingerprint density at radius 2 is 1.26 bits per heavy atom. The van der Waals surface area contributed by atoms with E-state index in [1.54, 1.807) is 24.3 Å². The zero-order valence-electron chi connectivity index (χ0n) is 22.6. The summed E-state index contributed by atoms with van der Waals surface area (Å²) < 4.78 is 11.6. The Morgan fingerprint density at radius 3 is 1.74 bits per heavy atom. The van der Waals surface area contributed by atoms with Gasteiger partial charge in [-0.25, -0.2) is 0 Å². The second-order valence-electron chi connectivity index (χ2n) is 10.3. The molecule has 0 aliphatic carbocycles. The molecule has 0 aliphatic heterocycles. The largest absolute Gasteiger partial charge is 0.491 e. The number of carbonyl (C=O) groups excluding carboxylic acids is 1. The lowest BCUT2D eigenvalue weighted by Crippen LogP contribution is -2.30. The van der Waals surface area contributed by atoms with Crippen LogP contribution >= 0.6 is 0 Å². The van der Waals surface area contributed by atoms with Gasteiger partial charge in [0, 0.05) is 5.56 Å². The van der Waals surface area contributed by atoms with E-state index in [1.807, 2.05) is 0 Å². The molecule has 0 amide bonds. The van der Waals surface area contributed by atoms with Gasteiger partial charge in [0.2, 0.25) is 0 Å². The first kappa shape index (κ1) is 30.6. The van der Waals surface area contributed by atoms with Crippen LogP contribution in [0.25, 0.3) is 0 Å². The summed E-state index contributed by atoms with van der Waals surface area (Å²) >= 11 is 0. The van der Waals surface area contributed by atoms with Gasteiger partial charge in [-0.15, -0.1) is 0 Å². The molecule has 0 saturated heterocycles. The van der Waals surface area contributed by atoms with Gasteiger partial charge >= 0.3 is 0 Å². The number of ketones is 1. The molecule has 0 saturated carbocycles. The zero-order chi connectivity index (χ0) is 25.1. The summed E-state index contributed by atoms with van der Waals surface area (Å²) in [5.74, 6) is 0.412. The third-order valence-corrected chi connectivity index (χ3v) is 6.39. The van der Waals surface area contributed by atoms with Gasteiger partial charge in [-0.1, -0.05) is 96.8 Å². The molecule has 0 fully saturated rings. The summed E-state index contributed by atoms with van der Waals surface area (Å²) in [5.41, 5.74) is -0.878. The maximum absolute atomic E-state index is 12.0. The third kappa shape index (κ3) is 15.5. The molecule has 1 unspecified atom stereocenters. The topological polar surface area (TPSA) is 55.8 Å². The monoisotopic (exact) mass is 476 g/mol. The highest BCUT2D eigenvalue weighted by Crippen LogP contribution is 2.18. The highest BCUT2D eigenvalue weighted by Gasteiger charge is 2.24. The maximum Gasteiger partial charge on any atom is 0.193 e. The van der Waals surface area contributed by atoms with E-state index in [0.29, 0.717) is 24.5 Å². The van der Waals surface area contributed by atoms with Gasteiger partial charge in [-0.2, -0.15) is 0 Å². The van der Waals surface area contributed by atoms with E-state index in [2.05, 4.69) is 13.8 Å². The Balaban J connectivity index is 1.93. The molecule has 1 rings (SSSR count). The Hall–Kier alpha value is -1.39. The highest BCUT2D eigenvalue weighted by atomic mass is 16.5. The van der Waals surface area contributed by atoms with E-state index in [9.17, 15) is 9.90 Å². The van der Waals surface area contributed by atoms with Gasteiger partial charge in [0.15, 0.2) is 5.78 Å². The summed E-state index contributed by atoms with van der Waals surface area (Å²) in [5, 5.41) is 9.81. The van der Waals surface area contributed by atoms with Crippen molar-refractivity contribution >= 4 is 5.78 Å². The molecule has 1 atom stereocenters. The number of ether oxygens (including phenoxy) is 2. The van der Waals surface area contributed by atoms with Crippen molar-refractivity contribution in [3.63, 3.8) is 0 Å². The number of benzene rings is 1. The van der Waals surface area contributed by atoms with Gasteiger partial charge in [-0.05, 0) is 51.5 Å². The molecule has 196 valence electrons. The Morgan fingerprint density at radius 1 is 0.794 bits per heavy atom. The minimum absolute atomic E-state index is 0.257. The maximum atomic E-state index is 12.0. The molecule has 0 bridgehead atoms. The Labute approximate surface area is 209 Å². The number of carbonyl (C=O) groups is 1. The standard InChI is InChI=1S/C30H52O4/c1-5-6-7-8-9-10-11-12-13-14-15-16-17-18-19-26(2)33-24-25-34-28-22-20-27(21-23-28)29(31)30(3,4)32/h20-23,26,32H,5-19,24-25H2,1-4H3. The van der Waals surface area contributed by atoms with E-state index in [1.165, 1.54) is 104 Å². The van der Waals surface area contributed by atoms with Gasteiger partial charge in [0.1, 0.15) is 18.0 Å². The van der Waals surface area contributed by atoms with Crippen LogP contribution in [0.3, 0.4) is 0 Å². The molecule has 0 aliphatic rings. The van der Waals surface area contributed by atoms with E-state index < -0.39 is 5.60 Å². The minimum atomic E-state index is -1.36. The lowest BCUT2D eigenvalue weighted by atomic mass is 9.97. The summed E-state index contributed by atoms with van der Waals surface area (Å²) in [6, 6.07) is 6.90. The molecule has 4 heteroatoms. The Kier molecular flexibility index (Phi) is 17.0. The van der Waals surface area contributed by atoms with Crippen molar-refractivity contribution in [3.8, 4) is 5.75 Å². The van der Waals surface area contributed by atoms with Crippen molar-refractivity contribution in [1.82, 2.24) is 0 Å². The van der Waals surface area contributed by atoms with Crippen LogP contribution in [0, 0.1) is 0 Å². The van der Waals surface area contributed by atoms with Crippen LogP contribution in [-0.2, 0) is 4.74 Å². The van der Waals surface area contributed by atoms with Crippen molar-refractivity contribution in [2.24, 2.45) is 0 Å². The SMILES string of the molecule is CCCCCCCCCCCCCCCCC(C)OCCOc1ccc(C(=O)C(C)(C)O)cc1. The molecule has 0 spiro atoms. The molecule has 4 nitrogen and oxygen atoms in total. The number of hydrogen-bond donors (Lipinski definition) is 1. The van der Waals surface area contributed by atoms with Crippen LogP contribution in [-0.4, -0.2) is 35.8 Å². The van der Waals surface area contributed by atoms with E-state index in [4.69, 9.17) is 9.47 Å². The molecule has 0 heterocycles. The average molecular weight is 477 g/mol. The second kappa shape index (κ2) is 18.9. The molecule has 0 aromatic heterocycles. The van der Waals surface area contributed by atoms with Crippen molar-refractivity contribution in [1.29, 1.82) is 0 Å². The van der Waals surface area contributed by atoms with Crippen LogP contribution in [0.4, 0.5) is 0 Å². The zero-order valence-corrected chi connectivity index (χ0v) is 22.6. The van der Waals surface area contributed by atoms with Crippen molar-refractivity contribution in [2.45, 2.75) is 136 Å². The Bertz CT molecular complexity index is 618. The number of rotatable bonds is 22. The minimum Gasteiger partial charge on any atom is -0.491 e. The van der Waals surface area contributed by atoms with Crippen molar-refractivity contribution < 1.29 is 19.4 Å². The van der Waals surface area contributed by atoms with Crippen molar-refractivity contribution in [2.75, 3.05) is 13.2 Å². The first-order valence-electron chi connectivity index (χ1n) is 14.0. The third-order valence-electron chi connectivity index (χ3n) is 6.39. The quantitative estimate of drug-likeness (QED) is 0.135. The summed E-state index contributed by atoms with van der Waals surface area (Å²) in [6.07, 6.45) is 20.8. The molecule has 1 aromatic rings. The summed E-state index contributed by atoms with van der Waals surface area (Å²) in [4.78, 5) is 12.0. The molecule has 34 heavy (non-hydrogen) atoms. The van der Waals surface area contributed by atoms with Crippen LogP contribution in [0.5, 0.6) is 5.75 Å². The molecule has 1 N–H and O–H groups in total. The lowest BCUT2D eigenvalue weighted by molar-refractivity contribution is 0.0384. The summed E-state index contributed by atoms with van der Waals surface area (Å²) in [7, 11) is 0. The van der Waals surface area contributed by atoms with Gasteiger partial charge in [0.05, 0.1) is 12.7 Å². The molecular weight excluding hydrogens is 424 g/mol. The highest BCUT2D eigenvalue weighted by molar-refractivity contribution is 6.01. The predicted molar refractivity (Wildman–Crippen MR) is 143 cm³/mol. The van der Waals surface area contributed by atoms with E-state index in [-0.39, 0.29) is 11.9 Å². The fourth-order valence-corrected chi connectivity index (χ4v) is 4.17. The van der Waals surface area contributed by atoms with Gasteiger partial charge in [0.25, 0.3) is 0 Å². The molecule has 0 radical (unpaired) electrons. The second-order valence-corrected chi connectivity index (χ2v) is 10.3. The molecular formula is C30H52O4. The van der Waals surface area contributed by atoms with Gasteiger partial charge in [-0.3, -0.25) is 4.79 Å². The van der Waals surface area contributed by atoms with E-state index >= 15 is 0 Å². The first-order chi connectivity index (χ1) is 16.3. The number of aliphatic hydroxyl groups is 1. The van der Waals surface area contributed by atoms with Crippen molar-refractivity contribution in [3.05, 3.63) is 29.8 Å². The van der Waals surface area contributed by atoms with Gasteiger partial charge < -0.3 is 14.6 Å². The predicted octanol–water partition coefficient (Wildman–Crippen LogP) is 8.30. The van der Waals surface area contributed by atoms with Crippen LogP contribution in [0.2, 0.25) is 0 Å². The number of unbranched alkanes of at least 4 members (excludes halogenated alkanes) is 13. The average Bonchev–Trinajstić information content (AvgIpc) is 2.81. The number of Topliss-reactive ketones (excluding diaryl/α,β-unsaturated/α-hetero) is 1. The number of hydrogen-bond acceptors (Lipinski definition) is 4. The summed E-state index contributed by atoms with van der Waals surface area (Å²) in [6.45, 7) is 8.46. The smallest absolute Gasteiger partial charge is 0.193 e. The molecule has 1 aromatic carbocycles. The normalized spacial score (nSPS) is 12.6. The van der Waals surface area contributed by atoms with Crippen LogP contribution in [0.1, 0.15) is 134 Å². The first-order valence-corrected chi connectivity index (χ1v) is 14.0.